The van der Waals surface area contributed by atoms with Crippen molar-refractivity contribution in [1.29, 1.82) is 0 Å². The lowest BCUT2D eigenvalue weighted by molar-refractivity contribution is -0.0867. The van der Waals surface area contributed by atoms with Crippen LogP contribution in [0.4, 0.5) is 14.6 Å². The molecule has 2 rings (SSSR count). The number of nitrogens with zero attached hydrogens (tertiary/aromatic N) is 3. The van der Waals surface area contributed by atoms with Crippen molar-refractivity contribution in [2.75, 3.05) is 5.73 Å². The fourth-order valence-corrected chi connectivity index (χ4v) is 5.80. The van der Waals surface area contributed by atoms with Crippen molar-refractivity contribution in [2.24, 2.45) is 0 Å². The highest BCUT2D eigenvalue weighted by Crippen LogP contribution is 2.66. The summed E-state index contributed by atoms with van der Waals surface area (Å²) in [7, 11) is -17.1. The van der Waals surface area contributed by atoms with Crippen molar-refractivity contribution in [3.8, 4) is 0 Å². The lowest BCUT2D eigenvalue weighted by Crippen LogP contribution is -2.45. The first-order chi connectivity index (χ1) is 14.3. The fourth-order valence-electron chi connectivity index (χ4n) is 2.60. The standard InChI is InChI=1S/C10H17F2N4O13P3/c1-3(27-31(22,23)29-32(24,25)28-30(19,20)21)4-5(17)10(2,12)8(26-4)16-9(18)14-7(13)6(11)15-16/h3-5,8,17H,1-2H3,(H,22,23)(H,24,25)(H2,13,14,18)(H2,19,20,21)/t3-,4-,5?,8-,10-/m1/s1. The summed E-state index contributed by atoms with van der Waals surface area (Å²) in [5.74, 6) is -2.37. The van der Waals surface area contributed by atoms with Gasteiger partial charge in [0.2, 0.25) is 0 Å². The number of nitrogen functional groups attached to an aromatic ring is 1. The number of alkyl halides is 1. The van der Waals surface area contributed by atoms with Crippen LogP contribution in [0.15, 0.2) is 4.79 Å². The number of aliphatic hydroxyl groups is 1. The first-order valence-electron chi connectivity index (χ1n) is 8.02. The summed E-state index contributed by atoms with van der Waals surface area (Å²) in [4.78, 5) is 50.6. The summed E-state index contributed by atoms with van der Waals surface area (Å²) in [6.07, 6.45) is -8.10. The summed E-state index contributed by atoms with van der Waals surface area (Å²) in [5, 5.41) is 13.3. The highest BCUT2D eigenvalue weighted by Gasteiger charge is 2.58. The number of nitrogens with two attached hydrogens (primary N) is 1. The number of ether oxygens (including phenoxy) is 1. The van der Waals surface area contributed by atoms with Gasteiger partial charge in [0.25, 0.3) is 5.95 Å². The van der Waals surface area contributed by atoms with Gasteiger partial charge in [0.1, 0.15) is 12.2 Å². The van der Waals surface area contributed by atoms with Crippen LogP contribution in [0.25, 0.3) is 0 Å². The van der Waals surface area contributed by atoms with Crippen molar-refractivity contribution in [1.82, 2.24) is 14.8 Å². The van der Waals surface area contributed by atoms with E-state index in [1.165, 1.54) is 0 Å². The third-order valence-corrected chi connectivity index (χ3v) is 7.80. The van der Waals surface area contributed by atoms with Gasteiger partial charge in [0, 0.05) is 0 Å². The van der Waals surface area contributed by atoms with Crippen LogP contribution in [-0.4, -0.2) is 63.4 Å². The number of rotatable bonds is 8. The van der Waals surface area contributed by atoms with Gasteiger partial charge in [-0.1, -0.05) is 0 Å². The predicted octanol–water partition coefficient (Wildman–Crippen LogP) is -0.922. The topological polar surface area (TPSA) is 263 Å². The van der Waals surface area contributed by atoms with Gasteiger partial charge in [-0.05, 0) is 13.8 Å². The normalized spacial score (nSPS) is 31.1. The van der Waals surface area contributed by atoms with Gasteiger partial charge in [0.15, 0.2) is 17.7 Å². The molecule has 1 aromatic rings. The smallest absolute Gasteiger partial charge is 0.387 e. The molecule has 0 saturated carbocycles. The molecule has 7 atom stereocenters. The first kappa shape index (κ1) is 27.0. The highest BCUT2D eigenvalue weighted by atomic mass is 31.3. The van der Waals surface area contributed by atoms with Crippen molar-refractivity contribution in [3.05, 3.63) is 16.4 Å². The van der Waals surface area contributed by atoms with Gasteiger partial charge in [-0.2, -0.15) is 22.7 Å². The fraction of sp³-hybridized carbons (Fsp3) is 0.700. The lowest BCUT2D eigenvalue weighted by atomic mass is 9.96. The first-order valence-corrected chi connectivity index (χ1v) is 12.5. The van der Waals surface area contributed by atoms with E-state index in [2.05, 4.69) is 23.2 Å². The van der Waals surface area contributed by atoms with E-state index in [0.717, 1.165) is 6.92 Å². The maximum absolute atomic E-state index is 15.1. The van der Waals surface area contributed by atoms with E-state index in [1.54, 1.807) is 0 Å². The average Bonchev–Trinajstić information content (AvgIpc) is 2.77. The zero-order valence-electron chi connectivity index (χ0n) is 15.8. The van der Waals surface area contributed by atoms with Crippen LogP contribution in [0.2, 0.25) is 0 Å². The zero-order valence-corrected chi connectivity index (χ0v) is 18.5. The van der Waals surface area contributed by atoms with E-state index >= 15 is 4.39 Å². The maximum Gasteiger partial charge on any atom is 0.490 e. The summed E-state index contributed by atoms with van der Waals surface area (Å²) in [6, 6.07) is 0. The number of aromatic nitrogens is 3. The van der Waals surface area contributed by atoms with Crippen molar-refractivity contribution < 1.29 is 65.0 Å². The minimum Gasteiger partial charge on any atom is -0.387 e. The molecule has 1 aromatic heterocycles. The molecular formula is C10H17F2N4O13P3. The molecule has 17 nitrogen and oxygen atoms in total. The monoisotopic (exact) mass is 532 g/mol. The molecule has 0 aromatic carbocycles. The molecule has 1 aliphatic heterocycles. The van der Waals surface area contributed by atoms with Crippen LogP contribution < -0.4 is 11.4 Å². The second-order valence-corrected chi connectivity index (χ2v) is 10.8. The summed E-state index contributed by atoms with van der Waals surface area (Å²) in [5.41, 5.74) is 0.817. The number of anilines is 1. The van der Waals surface area contributed by atoms with Crippen molar-refractivity contribution in [3.63, 3.8) is 0 Å². The maximum atomic E-state index is 15.1. The molecule has 1 aliphatic rings. The summed E-state index contributed by atoms with van der Waals surface area (Å²) < 4.78 is 79.3. The van der Waals surface area contributed by atoms with Gasteiger partial charge in [0.05, 0.1) is 6.10 Å². The Morgan fingerprint density at radius 1 is 1.22 bits per heavy atom. The second kappa shape index (κ2) is 8.87. The Kier molecular flexibility index (Phi) is 7.49. The molecule has 0 amide bonds. The quantitative estimate of drug-likeness (QED) is 0.221. The van der Waals surface area contributed by atoms with Gasteiger partial charge in [-0.3, -0.25) is 4.52 Å². The number of hydrogen-bond donors (Lipinski definition) is 6. The van der Waals surface area contributed by atoms with E-state index in [4.69, 9.17) is 25.2 Å². The molecule has 2 heterocycles. The van der Waals surface area contributed by atoms with Crippen LogP contribution >= 0.6 is 23.5 Å². The minimum atomic E-state index is -5.84. The van der Waals surface area contributed by atoms with Crippen LogP contribution in [0.3, 0.4) is 0 Å². The van der Waals surface area contributed by atoms with Gasteiger partial charge in [-0.15, -0.1) is 5.10 Å². The number of halogens is 2. The Labute approximate surface area is 176 Å². The molecule has 7 N–H and O–H groups in total. The molecule has 1 fully saturated rings. The Balaban J connectivity index is 2.24. The number of aliphatic hydroxyl groups excluding tert-OH is 1. The van der Waals surface area contributed by atoms with E-state index in [0.29, 0.717) is 6.92 Å². The van der Waals surface area contributed by atoms with Crippen molar-refractivity contribution >= 4 is 29.3 Å². The number of phosphoric ester groups is 1. The molecule has 1 saturated heterocycles. The SMILES string of the molecule is C[C@@H](OP(=O)(O)OP(=O)(O)OP(=O)(O)O)[C@H]1O[C@@H](n2nc(F)c(N)nc2=O)[C@](C)(F)C1O. The second-order valence-electron chi connectivity index (χ2n) is 6.47. The third kappa shape index (κ3) is 6.22. The Morgan fingerprint density at radius 3 is 2.31 bits per heavy atom. The lowest BCUT2D eigenvalue weighted by Gasteiger charge is -2.25. The van der Waals surface area contributed by atoms with Crippen LogP contribution in [0.5, 0.6) is 0 Å². The zero-order chi connectivity index (χ0) is 24.9. The predicted molar refractivity (Wildman–Crippen MR) is 94.5 cm³/mol. The Bertz CT molecular complexity index is 1080. The van der Waals surface area contributed by atoms with Crippen molar-refractivity contribution in [2.45, 2.75) is 44.1 Å². The average molecular weight is 532 g/mol. The summed E-state index contributed by atoms with van der Waals surface area (Å²) >= 11 is 0. The van der Waals surface area contributed by atoms with E-state index in [-0.39, 0.29) is 4.68 Å². The molecule has 184 valence electrons. The van der Waals surface area contributed by atoms with E-state index in [9.17, 15) is 32.9 Å². The van der Waals surface area contributed by atoms with Crippen LogP contribution in [-0.2, 0) is 31.6 Å². The van der Waals surface area contributed by atoms with Gasteiger partial charge >= 0.3 is 29.2 Å². The molecule has 0 spiro atoms. The van der Waals surface area contributed by atoms with Gasteiger partial charge in [-0.25, -0.2) is 22.9 Å². The van der Waals surface area contributed by atoms with E-state index in [1.807, 2.05) is 0 Å². The highest BCUT2D eigenvalue weighted by molar-refractivity contribution is 7.66. The molecule has 0 bridgehead atoms. The number of phosphoric acid groups is 3. The minimum absolute atomic E-state index is 0.0759. The molecule has 0 radical (unpaired) electrons. The largest absolute Gasteiger partial charge is 0.490 e. The summed E-state index contributed by atoms with van der Waals surface area (Å²) in [6.45, 7) is 1.60. The molecule has 3 unspecified atom stereocenters. The molecule has 0 aliphatic carbocycles. The van der Waals surface area contributed by atoms with Crippen LogP contribution in [0.1, 0.15) is 20.1 Å². The Morgan fingerprint density at radius 2 is 1.78 bits per heavy atom. The van der Waals surface area contributed by atoms with E-state index < -0.39 is 71.1 Å². The van der Waals surface area contributed by atoms with Crippen LogP contribution in [0, 0.1) is 5.95 Å². The molecule has 22 heteroatoms. The van der Waals surface area contributed by atoms with Gasteiger partial charge < -0.3 is 35.2 Å². The molecular weight excluding hydrogens is 515 g/mol. The molecule has 32 heavy (non-hydrogen) atoms. The third-order valence-electron chi connectivity index (χ3n) is 3.88. The number of hydrogen-bond acceptors (Lipinski definition) is 12. The Hall–Kier alpha value is -1.20.